The second-order valence-corrected chi connectivity index (χ2v) is 2.88. The van der Waals surface area contributed by atoms with Gasteiger partial charge in [0, 0.05) is 12.0 Å². The van der Waals surface area contributed by atoms with Crippen LogP contribution in [0.15, 0.2) is 17.0 Å². The molecule has 0 radical (unpaired) electrons. The van der Waals surface area contributed by atoms with E-state index in [-0.39, 0.29) is 0 Å². The molecule has 2 nitrogen and oxygen atoms in total. The van der Waals surface area contributed by atoms with Gasteiger partial charge < -0.3 is 0 Å². The predicted octanol–water partition coefficient (Wildman–Crippen LogP) is 1.81. The minimum Gasteiger partial charge on any atom is -0.240 e. The van der Waals surface area contributed by atoms with Gasteiger partial charge in [-0.2, -0.15) is 0 Å². The fourth-order valence-electron chi connectivity index (χ4n) is 1.02. The Labute approximate surface area is 67.1 Å². The van der Waals surface area contributed by atoms with Crippen molar-refractivity contribution < 1.29 is 0 Å². The Hall–Kier alpha value is -0.700. The topological polar surface area (TPSA) is 25.8 Å². The first kappa shape index (κ1) is 6.04. The molecule has 1 aliphatic carbocycles. The molecule has 3 heteroatoms. The number of hydrogen-bond acceptors (Lipinski definition) is 2. The molecular weight excluding hydrogens is 192 g/mol. The number of hydrogen-bond donors (Lipinski definition) is 0. The van der Waals surface area contributed by atoms with Crippen molar-refractivity contribution in [3.8, 4) is 0 Å². The van der Waals surface area contributed by atoms with E-state index in [0.29, 0.717) is 0 Å². The quantitative estimate of drug-likeness (QED) is 0.592. The van der Waals surface area contributed by atoms with Crippen LogP contribution in [0.25, 0.3) is 6.08 Å². The van der Waals surface area contributed by atoms with E-state index in [1.54, 1.807) is 6.33 Å². The van der Waals surface area contributed by atoms with Crippen molar-refractivity contribution in [2.75, 3.05) is 0 Å². The first-order chi connectivity index (χ1) is 4.88. The molecule has 0 aliphatic heterocycles. The van der Waals surface area contributed by atoms with Gasteiger partial charge in [-0.3, -0.25) is 0 Å². The SMILES string of the molecule is Brc1ncnc2c1C=CC2. The van der Waals surface area contributed by atoms with Gasteiger partial charge in [0.15, 0.2) is 0 Å². The standard InChI is InChI=1S/C7H5BrN2/c8-7-5-2-1-3-6(5)9-4-10-7/h1-2,4H,3H2. The first-order valence-corrected chi connectivity index (χ1v) is 3.83. The third-order valence-corrected chi connectivity index (χ3v) is 2.15. The predicted molar refractivity (Wildman–Crippen MR) is 42.5 cm³/mol. The van der Waals surface area contributed by atoms with E-state index in [1.165, 1.54) is 0 Å². The van der Waals surface area contributed by atoms with Crippen LogP contribution in [0.3, 0.4) is 0 Å². The summed E-state index contributed by atoms with van der Waals surface area (Å²) in [4.78, 5) is 8.12. The van der Waals surface area contributed by atoms with Crippen molar-refractivity contribution in [3.63, 3.8) is 0 Å². The molecule has 0 aromatic carbocycles. The summed E-state index contributed by atoms with van der Waals surface area (Å²) in [5.41, 5.74) is 2.24. The molecule has 0 saturated carbocycles. The Morgan fingerprint density at radius 2 is 2.30 bits per heavy atom. The molecule has 0 saturated heterocycles. The number of allylic oxidation sites excluding steroid dienone is 1. The molecule has 0 atom stereocenters. The lowest BCUT2D eigenvalue weighted by molar-refractivity contribution is 1.04. The van der Waals surface area contributed by atoms with E-state index >= 15 is 0 Å². The second-order valence-electron chi connectivity index (χ2n) is 2.13. The van der Waals surface area contributed by atoms with Gasteiger partial charge in [0.1, 0.15) is 10.9 Å². The number of halogens is 1. The summed E-state index contributed by atoms with van der Waals surface area (Å²) in [6.45, 7) is 0. The van der Waals surface area contributed by atoms with Gasteiger partial charge in [0.05, 0.1) is 5.69 Å². The van der Waals surface area contributed by atoms with Crippen LogP contribution in [0.4, 0.5) is 0 Å². The molecule has 0 unspecified atom stereocenters. The molecule has 2 rings (SSSR count). The molecule has 0 fully saturated rings. The van der Waals surface area contributed by atoms with Crippen LogP contribution >= 0.6 is 15.9 Å². The molecule has 50 valence electrons. The summed E-state index contributed by atoms with van der Waals surface area (Å²) in [7, 11) is 0. The van der Waals surface area contributed by atoms with Crippen molar-refractivity contribution in [2.45, 2.75) is 6.42 Å². The van der Waals surface area contributed by atoms with Gasteiger partial charge in [-0.1, -0.05) is 12.2 Å². The normalized spacial score (nSPS) is 13.7. The maximum absolute atomic E-state index is 4.12. The zero-order valence-electron chi connectivity index (χ0n) is 5.21. The van der Waals surface area contributed by atoms with E-state index in [0.717, 1.165) is 22.3 Å². The van der Waals surface area contributed by atoms with Gasteiger partial charge in [0.25, 0.3) is 0 Å². The Morgan fingerprint density at radius 3 is 3.10 bits per heavy atom. The molecule has 1 aromatic rings. The smallest absolute Gasteiger partial charge is 0.117 e. The van der Waals surface area contributed by atoms with Crippen LogP contribution in [-0.4, -0.2) is 9.97 Å². The third kappa shape index (κ3) is 0.778. The van der Waals surface area contributed by atoms with Crippen LogP contribution in [0.2, 0.25) is 0 Å². The van der Waals surface area contributed by atoms with E-state index in [2.05, 4.69) is 32.0 Å². The Morgan fingerprint density at radius 1 is 1.40 bits per heavy atom. The van der Waals surface area contributed by atoms with Crippen LogP contribution in [0, 0.1) is 0 Å². The van der Waals surface area contributed by atoms with Gasteiger partial charge in [-0.15, -0.1) is 0 Å². The Bertz CT molecular complexity index is 294. The van der Waals surface area contributed by atoms with Crippen LogP contribution in [0.5, 0.6) is 0 Å². The summed E-state index contributed by atoms with van der Waals surface area (Å²) in [5, 5.41) is 0. The van der Waals surface area contributed by atoms with Crippen molar-refractivity contribution in [1.29, 1.82) is 0 Å². The molecule has 0 amide bonds. The molecule has 0 bridgehead atoms. The minimum absolute atomic E-state index is 0.895. The highest BCUT2D eigenvalue weighted by Crippen LogP contribution is 2.22. The van der Waals surface area contributed by atoms with Crippen LogP contribution in [0.1, 0.15) is 11.3 Å². The molecule has 0 N–H and O–H groups in total. The van der Waals surface area contributed by atoms with E-state index < -0.39 is 0 Å². The number of rotatable bonds is 0. The molecule has 10 heavy (non-hydrogen) atoms. The molecule has 1 heterocycles. The van der Waals surface area contributed by atoms with E-state index in [4.69, 9.17) is 0 Å². The zero-order valence-corrected chi connectivity index (χ0v) is 6.80. The number of fused-ring (bicyclic) bond motifs is 1. The second kappa shape index (κ2) is 2.16. The third-order valence-electron chi connectivity index (χ3n) is 1.51. The Kier molecular flexibility index (Phi) is 1.31. The largest absolute Gasteiger partial charge is 0.240 e. The lowest BCUT2D eigenvalue weighted by Crippen LogP contribution is -1.90. The Balaban J connectivity index is 2.67. The summed E-state index contributed by atoms with van der Waals surface area (Å²) < 4.78 is 0.895. The average Bonchev–Trinajstić information content (AvgIpc) is 2.36. The average molecular weight is 197 g/mol. The fourth-order valence-corrected chi connectivity index (χ4v) is 1.48. The van der Waals surface area contributed by atoms with Crippen molar-refractivity contribution in [2.24, 2.45) is 0 Å². The fraction of sp³-hybridized carbons (Fsp3) is 0.143. The van der Waals surface area contributed by atoms with Gasteiger partial charge in [-0.25, -0.2) is 9.97 Å². The van der Waals surface area contributed by atoms with Crippen molar-refractivity contribution in [1.82, 2.24) is 9.97 Å². The maximum atomic E-state index is 4.12. The number of nitrogens with zero attached hydrogens (tertiary/aromatic N) is 2. The summed E-state index contributed by atoms with van der Waals surface area (Å²) >= 11 is 3.34. The van der Waals surface area contributed by atoms with Gasteiger partial charge in [0.2, 0.25) is 0 Å². The monoisotopic (exact) mass is 196 g/mol. The van der Waals surface area contributed by atoms with Crippen LogP contribution in [-0.2, 0) is 6.42 Å². The highest BCUT2D eigenvalue weighted by Gasteiger charge is 2.08. The number of aromatic nitrogens is 2. The first-order valence-electron chi connectivity index (χ1n) is 3.04. The van der Waals surface area contributed by atoms with Crippen molar-refractivity contribution in [3.05, 3.63) is 28.3 Å². The summed E-state index contributed by atoms with van der Waals surface area (Å²) in [6.07, 6.45) is 6.65. The summed E-state index contributed by atoms with van der Waals surface area (Å²) in [6, 6.07) is 0. The van der Waals surface area contributed by atoms with Gasteiger partial charge in [-0.05, 0) is 15.9 Å². The van der Waals surface area contributed by atoms with Crippen molar-refractivity contribution >= 4 is 22.0 Å². The van der Waals surface area contributed by atoms with Crippen LogP contribution < -0.4 is 0 Å². The summed E-state index contributed by atoms with van der Waals surface area (Å²) in [5.74, 6) is 0. The lowest BCUT2D eigenvalue weighted by atomic mass is 10.3. The van der Waals surface area contributed by atoms with Gasteiger partial charge >= 0.3 is 0 Å². The van der Waals surface area contributed by atoms with E-state index in [9.17, 15) is 0 Å². The molecule has 1 aliphatic rings. The highest BCUT2D eigenvalue weighted by molar-refractivity contribution is 9.10. The minimum atomic E-state index is 0.895. The molecule has 0 spiro atoms. The maximum Gasteiger partial charge on any atom is 0.117 e. The zero-order chi connectivity index (χ0) is 6.97. The highest BCUT2D eigenvalue weighted by atomic mass is 79.9. The molecular formula is C7H5BrN2. The molecule has 1 aromatic heterocycles. The van der Waals surface area contributed by atoms with E-state index in [1.807, 2.05) is 6.08 Å². The lowest BCUT2D eigenvalue weighted by Gasteiger charge is -1.96.